The first kappa shape index (κ1) is 17.7. The minimum atomic E-state index is -0.974. The van der Waals surface area contributed by atoms with Gasteiger partial charge in [0.2, 0.25) is 11.8 Å². The minimum absolute atomic E-state index is 0.107. The van der Waals surface area contributed by atoms with Crippen LogP contribution in [-0.2, 0) is 22.4 Å². The van der Waals surface area contributed by atoms with Crippen molar-refractivity contribution >= 4 is 11.8 Å². The second kappa shape index (κ2) is 9.47. The van der Waals surface area contributed by atoms with E-state index in [0.29, 0.717) is 13.0 Å². The molecule has 0 aliphatic rings. The number of hydrogen-bond donors (Lipinski definition) is 3. The van der Waals surface area contributed by atoms with Crippen molar-refractivity contribution in [2.75, 3.05) is 6.54 Å². The van der Waals surface area contributed by atoms with Gasteiger partial charge in [0.25, 0.3) is 0 Å². The van der Waals surface area contributed by atoms with E-state index in [2.05, 4.69) is 10.6 Å². The normalized spacial score (nSPS) is 11.5. The smallest absolute Gasteiger partial charge is 0.226 e. The van der Waals surface area contributed by atoms with Gasteiger partial charge >= 0.3 is 0 Å². The molecule has 1 atom stereocenters. The van der Waals surface area contributed by atoms with Gasteiger partial charge in [-0.2, -0.15) is 0 Å². The Bertz CT molecular complexity index is 644. The van der Waals surface area contributed by atoms with Crippen LogP contribution in [0, 0.1) is 0 Å². The lowest BCUT2D eigenvalue weighted by Gasteiger charge is -2.13. The fourth-order valence-electron chi connectivity index (χ4n) is 2.28. The molecule has 0 fully saturated rings. The maximum absolute atomic E-state index is 11.8. The fourth-order valence-corrected chi connectivity index (χ4v) is 2.28. The molecule has 0 aliphatic carbocycles. The summed E-state index contributed by atoms with van der Waals surface area (Å²) in [6, 6.07) is 18.8. The Morgan fingerprint density at radius 1 is 0.833 bits per heavy atom. The molecule has 5 nitrogen and oxygen atoms in total. The number of carbonyl (C=O) groups excluding carboxylic acids is 2. The highest BCUT2D eigenvalue weighted by atomic mass is 16.3. The number of benzene rings is 2. The lowest BCUT2D eigenvalue weighted by molar-refractivity contribution is -0.123. The third kappa shape index (κ3) is 6.62. The molecule has 1 unspecified atom stereocenters. The molecule has 0 spiro atoms. The zero-order valence-corrected chi connectivity index (χ0v) is 13.4. The largest absolute Gasteiger partial charge is 0.374 e. The summed E-state index contributed by atoms with van der Waals surface area (Å²) in [5, 5.41) is 15.1. The van der Waals surface area contributed by atoms with Crippen molar-refractivity contribution < 1.29 is 14.7 Å². The molecule has 2 aromatic rings. The number of rotatable bonds is 8. The van der Waals surface area contributed by atoms with Gasteiger partial charge in [0.15, 0.2) is 0 Å². The first-order valence-electron chi connectivity index (χ1n) is 7.95. The quantitative estimate of drug-likeness (QED) is 0.642. The average Bonchev–Trinajstić information content (AvgIpc) is 2.56. The molecule has 2 rings (SSSR count). The summed E-state index contributed by atoms with van der Waals surface area (Å²) in [6.45, 7) is 0.304. The highest BCUT2D eigenvalue weighted by Crippen LogP contribution is 2.01. The highest BCUT2D eigenvalue weighted by Gasteiger charge is 2.10. The molecule has 0 saturated heterocycles. The molecule has 5 heteroatoms. The minimum Gasteiger partial charge on any atom is -0.374 e. The van der Waals surface area contributed by atoms with Crippen molar-refractivity contribution in [2.24, 2.45) is 0 Å². The monoisotopic (exact) mass is 326 g/mol. The zero-order valence-electron chi connectivity index (χ0n) is 13.4. The van der Waals surface area contributed by atoms with Crippen molar-refractivity contribution in [3.8, 4) is 0 Å². The summed E-state index contributed by atoms with van der Waals surface area (Å²) in [6.07, 6.45) is -0.186. The summed E-state index contributed by atoms with van der Waals surface area (Å²) in [7, 11) is 0. The summed E-state index contributed by atoms with van der Waals surface area (Å²) < 4.78 is 0. The average molecular weight is 326 g/mol. The van der Waals surface area contributed by atoms with Gasteiger partial charge in [-0.25, -0.2) is 0 Å². The van der Waals surface area contributed by atoms with Crippen LogP contribution >= 0.6 is 0 Å². The molecule has 3 N–H and O–H groups in total. The summed E-state index contributed by atoms with van der Waals surface area (Å²) in [5.41, 5.74) is 1.82. The van der Waals surface area contributed by atoms with Gasteiger partial charge in [0, 0.05) is 13.0 Å². The van der Waals surface area contributed by atoms with Crippen LogP contribution < -0.4 is 10.6 Å². The van der Waals surface area contributed by atoms with E-state index in [1.165, 1.54) is 0 Å². The number of aliphatic hydroxyl groups excluding tert-OH is 1. The van der Waals surface area contributed by atoms with Gasteiger partial charge in [-0.1, -0.05) is 60.7 Å². The summed E-state index contributed by atoms with van der Waals surface area (Å²) >= 11 is 0. The lowest BCUT2D eigenvalue weighted by atomic mass is 10.1. The Morgan fingerprint density at radius 3 is 1.88 bits per heavy atom. The highest BCUT2D eigenvalue weighted by molar-refractivity contribution is 5.79. The second-order valence-corrected chi connectivity index (χ2v) is 5.55. The Morgan fingerprint density at radius 2 is 1.33 bits per heavy atom. The third-order valence-electron chi connectivity index (χ3n) is 3.48. The van der Waals surface area contributed by atoms with Crippen LogP contribution in [0.25, 0.3) is 0 Å². The third-order valence-corrected chi connectivity index (χ3v) is 3.48. The van der Waals surface area contributed by atoms with E-state index < -0.39 is 6.23 Å². The molecule has 0 saturated carbocycles. The number of hydrogen-bond acceptors (Lipinski definition) is 3. The Kier molecular flexibility index (Phi) is 6.98. The van der Waals surface area contributed by atoms with Crippen LogP contribution in [0.4, 0.5) is 0 Å². The maximum atomic E-state index is 11.8. The molecule has 2 aromatic carbocycles. The van der Waals surface area contributed by atoms with Gasteiger partial charge < -0.3 is 15.7 Å². The van der Waals surface area contributed by atoms with Crippen LogP contribution in [0.15, 0.2) is 60.7 Å². The van der Waals surface area contributed by atoms with Crippen LogP contribution in [0.5, 0.6) is 0 Å². The van der Waals surface area contributed by atoms with Gasteiger partial charge in [-0.05, 0) is 11.1 Å². The van der Waals surface area contributed by atoms with Crippen LogP contribution in [-0.4, -0.2) is 29.7 Å². The Labute approximate surface area is 141 Å². The molecular weight excluding hydrogens is 304 g/mol. The maximum Gasteiger partial charge on any atom is 0.226 e. The van der Waals surface area contributed by atoms with Crippen molar-refractivity contribution in [3.63, 3.8) is 0 Å². The standard InChI is InChI=1S/C19H22N2O3/c22-17(21-19(24)14-16-9-5-2-6-10-16)11-12-20-18(23)13-15-7-3-1-4-8-15/h1-10,17,22H,11-14H2,(H,20,23)(H,21,24). The first-order chi connectivity index (χ1) is 11.6. The van der Waals surface area contributed by atoms with Crippen molar-refractivity contribution in [1.29, 1.82) is 0 Å². The van der Waals surface area contributed by atoms with E-state index in [0.717, 1.165) is 11.1 Å². The van der Waals surface area contributed by atoms with E-state index in [-0.39, 0.29) is 24.7 Å². The van der Waals surface area contributed by atoms with E-state index >= 15 is 0 Å². The molecule has 0 heterocycles. The van der Waals surface area contributed by atoms with E-state index in [4.69, 9.17) is 0 Å². The molecule has 0 aliphatic heterocycles. The number of nitrogens with one attached hydrogen (secondary N) is 2. The second-order valence-electron chi connectivity index (χ2n) is 5.55. The fraction of sp³-hybridized carbons (Fsp3) is 0.263. The lowest BCUT2D eigenvalue weighted by Crippen LogP contribution is -2.38. The van der Waals surface area contributed by atoms with Crippen molar-refractivity contribution in [3.05, 3.63) is 71.8 Å². The Hall–Kier alpha value is -2.66. The summed E-state index contributed by atoms with van der Waals surface area (Å²) in [5.74, 6) is -0.353. The van der Waals surface area contributed by atoms with Crippen LogP contribution in [0.3, 0.4) is 0 Å². The van der Waals surface area contributed by atoms with Gasteiger partial charge in [-0.3, -0.25) is 9.59 Å². The topological polar surface area (TPSA) is 78.4 Å². The SMILES string of the molecule is O=C(Cc1ccccc1)NCCC(O)NC(=O)Cc1ccccc1. The van der Waals surface area contributed by atoms with Gasteiger partial charge in [-0.15, -0.1) is 0 Å². The molecule has 126 valence electrons. The summed E-state index contributed by atoms with van der Waals surface area (Å²) in [4.78, 5) is 23.6. The predicted octanol–water partition coefficient (Wildman–Crippen LogP) is 1.41. The number of aliphatic hydroxyl groups is 1. The van der Waals surface area contributed by atoms with E-state index in [1.54, 1.807) is 0 Å². The molecule has 2 amide bonds. The van der Waals surface area contributed by atoms with Crippen LogP contribution in [0.1, 0.15) is 17.5 Å². The molecule has 24 heavy (non-hydrogen) atoms. The molecule has 0 bridgehead atoms. The predicted molar refractivity (Wildman–Crippen MR) is 92.1 cm³/mol. The van der Waals surface area contributed by atoms with Gasteiger partial charge in [0.1, 0.15) is 6.23 Å². The van der Waals surface area contributed by atoms with E-state index in [9.17, 15) is 14.7 Å². The van der Waals surface area contributed by atoms with Gasteiger partial charge in [0.05, 0.1) is 12.8 Å². The zero-order chi connectivity index (χ0) is 17.2. The first-order valence-corrected chi connectivity index (χ1v) is 7.95. The molecular formula is C19H22N2O3. The van der Waals surface area contributed by atoms with E-state index in [1.807, 2.05) is 60.7 Å². The Balaban J connectivity index is 1.63. The van der Waals surface area contributed by atoms with Crippen LogP contribution in [0.2, 0.25) is 0 Å². The number of carbonyl (C=O) groups is 2. The van der Waals surface area contributed by atoms with Crippen molar-refractivity contribution in [2.45, 2.75) is 25.5 Å². The molecule has 0 radical (unpaired) electrons. The number of amides is 2. The van der Waals surface area contributed by atoms with Crippen molar-refractivity contribution in [1.82, 2.24) is 10.6 Å². The molecule has 0 aromatic heterocycles.